The van der Waals surface area contributed by atoms with E-state index in [-0.39, 0.29) is 0 Å². The van der Waals surface area contributed by atoms with Crippen LogP contribution in [-0.4, -0.2) is 50.2 Å². The van der Waals surface area contributed by atoms with E-state index >= 15 is 0 Å². The van der Waals surface area contributed by atoms with Crippen LogP contribution in [0.1, 0.15) is 24.3 Å². The summed E-state index contributed by atoms with van der Waals surface area (Å²) in [4.78, 5) is 10.6. The molecule has 1 N–H and O–H groups in total. The van der Waals surface area contributed by atoms with Crippen LogP contribution >= 0.6 is 11.3 Å². The molecule has 1 aromatic rings. The predicted octanol–water partition coefficient (Wildman–Crippen LogP) is 1.56. The van der Waals surface area contributed by atoms with Crippen molar-refractivity contribution in [3.8, 4) is 0 Å². The fourth-order valence-corrected chi connectivity index (χ4v) is 3.11. The van der Waals surface area contributed by atoms with Crippen molar-refractivity contribution >= 4 is 16.5 Å². The Hall–Kier alpha value is -0.650. The summed E-state index contributed by atoms with van der Waals surface area (Å²) in [5.74, 6) is 0. The predicted molar refractivity (Wildman–Crippen MR) is 73.9 cm³/mol. The molecule has 0 spiro atoms. The molecular formula is C12H22N4S. The molecule has 5 heteroatoms. The SMILES string of the molecule is CNC(C)c1cnc(N2CCC(N(C)C)C2)s1. The van der Waals surface area contributed by atoms with Gasteiger partial charge in [0, 0.05) is 36.2 Å². The molecule has 0 radical (unpaired) electrons. The van der Waals surface area contributed by atoms with Gasteiger partial charge in [-0.3, -0.25) is 0 Å². The fraction of sp³-hybridized carbons (Fsp3) is 0.750. The smallest absolute Gasteiger partial charge is 0.185 e. The molecule has 2 heterocycles. The van der Waals surface area contributed by atoms with Crippen LogP contribution in [0.25, 0.3) is 0 Å². The van der Waals surface area contributed by atoms with Crippen molar-refractivity contribution in [3.05, 3.63) is 11.1 Å². The monoisotopic (exact) mass is 254 g/mol. The number of likely N-dealkylation sites (N-methyl/N-ethyl adjacent to an activating group) is 1. The lowest BCUT2D eigenvalue weighted by molar-refractivity contribution is 0.315. The highest BCUT2D eigenvalue weighted by Gasteiger charge is 2.26. The molecule has 1 fully saturated rings. The number of nitrogens with one attached hydrogen (secondary N) is 1. The summed E-state index contributed by atoms with van der Waals surface area (Å²) in [5, 5.41) is 4.43. The summed E-state index contributed by atoms with van der Waals surface area (Å²) in [5.41, 5.74) is 0. The normalized spacial score (nSPS) is 22.4. The Morgan fingerprint density at radius 3 is 2.94 bits per heavy atom. The number of aromatic nitrogens is 1. The van der Waals surface area contributed by atoms with Crippen molar-refractivity contribution in [3.63, 3.8) is 0 Å². The van der Waals surface area contributed by atoms with Gasteiger partial charge >= 0.3 is 0 Å². The zero-order chi connectivity index (χ0) is 12.4. The first-order valence-corrected chi connectivity index (χ1v) is 6.98. The first-order chi connectivity index (χ1) is 8.11. The molecule has 0 bridgehead atoms. The van der Waals surface area contributed by atoms with Crippen molar-refractivity contribution in [2.45, 2.75) is 25.4 Å². The Morgan fingerprint density at radius 2 is 2.35 bits per heavy atom. The topological polar surface area (TPSA) is 31.4 Å². The van der Waals surface area contributed by atoms with Crippen molar-refractivity contribution < 1.29 is 0 Å². The van der Waals surface area contributed by atoms with Crippen LogP contribution in [0, 0.1) is 0 Å². The molecule has 0 aliphatic carbocycles. The molecule has 4 nitrogen and oxygen atoms in total. The van der Waals surface area contributed by atoms with E-state index in [0.717, 1.165) is 13.1 Å². The largest absolute Gasteiger partial charge is 0.346 e. The molecule has 0 aromatic carbocycles. The molecule has 1 aliphatic rings. The average molecular weight is 254 g/mol. The molecule has 2 rings (SSSR count). The lowest BCUT2D eigenvalue weighted by Crippen LogP contribution is -2.31. The number of anilines is 1. The highest BCUT2D eigenvalue weighted by atomic mass is 32.1. The molecular weight excluding hydrogens is 232 g/mol. The van der Waals surface area contributed by atoms with Gasteiger partial charge in [-0.2, -0.15) is 0 Å². The Balaban J connectivity index is 2.02. The molecule has 2 atom stereocenters. The zero-order valence-corrected chi connectivity index (χ0v) is 11.9. The third-order valence-electron chi connectivity index (χ3n) is 3.54. The number of hydrogen-bond acceptors (Lipinski definition) is 5. The average Bonchev–Trinajstić information content (AvgIpc) is 2.95. The lowest BCUT2D eigenvalue weighted by Gasteiger charge is -2.19. The van der Waals surface area contributed by atoms with Crippen LogP contribution in [0.4, 0.5) is 5.13 Å². The van der Waals surface area contributed by atoms with Crippen LogP contribution in [0.2, 0.25) is 0 Å². The van der Waals surface area contributed by atoms with E-state index in [1.54, 1.807) is 0 Å². The van der Waals surface area contributed by atoms with E-state index in [4.69, 9.17) is 0 Å². The molecule has 1 aliphatic heterocycles. The number of rotatable bonds is 4. The van der Waals surface area contributed by atoms with Gasteiger partial charge in [0.25, 0.3) is 0 Å². The maximum Gasteiger partial charge on any atom is 0.185 e. The minimum Gasteiger partial charge on any atom is -0.346 e. The Morgan fingerprint density at radius 1 is 1.59 bits per heavy atom. The van der Waals surface area contributed by atoms with E-state index < -0.39 is 0 Å². The van der Waals surface area contributed by atoms with E-state index in [1.807, 2.05) is 24.6 Å². The maximum absolute atomic E-state index is 4.55. The van der Waals surface area contributed by atoms with E-state index in [2.05, 4.69) is 41.1 Å². The minimum absolute atomic E-state index is 0.397. The molecule has 0 saturated carbocycles. The van der Waals surface area contributed by atoms with Crippen LogP contribution < -0.4 is 10.2 Å². The molecule has 1 saturated heterocycles. The second-order valence-electron chi connectivity index (χ2n) is 4.91. The molecule has 0 amide bonds. The zero-order valence-electron chi connectivity index (χ0n) is 11.1. The first-order valence-electron chi connectivity index (χ1n) is 6.16. The first kappa shape index (κ1) is 12.8. The molecule has 17 heavy (non-hydrogen) atoms. The van der Waals surface area contributed by atoms with E-state index in [0.29, 0.717) is 12.1 Å². The summed E-state index contributed by atoms with van der Waals surface area (Å²) >= 11 is 1.81. The van der Waals surface area contributed by atoms with Gasteiger partial charge in [0.1, 0.15) is 0 Å². The summed E-state index contributed by atoms with van der Waals surface area (Å²) in [7, 11) is 6.30. The van der Waals surface area contributed by atoms with Gasteiger partial charge in [-0.25, -0.2) is 4.98 Å². The highest BCUT2D eigenvalue weighted by molar-refractivity contribution is 7.15. The standard InChI is InChI=1S/C12H22N4S/c1-9(13-2)11-7-14-12(17-11)16-6-5-10(8-16)15(3)4/h7,9-10,13H,5-6,8H2,1-4H3. The van der Waals surface area contributed by atoms with Crippen molar-refractivity contribution in [2.75, 3.05) is 39.1 Å². The summed E-state index contributed by atoms with van der Waals surface area (Å²) in [6, 6.07) is 1.07. The van der Waals surface area contributed by atoms with Crippen LogP contribution in [-0.2, 0) is 0 Å². The second kappa shape index (κ2) is 5.33. The number of thiazole rings is 1. The minimum atomic E-state index is 0.397. The summed E-state index contributed by atoms with van der Waals surface area (Å²) in [6.07, 6.45) is 3.24. The lowest BCUT2D eigenvalue weighted by atomic mass is 10.2. The van der Waals surface area contributed by atoms with Crippen LogP contribution in [0.3, 0.4) is 0 Å². The van der Waals surface area contributed by atoms with Gasteiger partial charge in [-0.05, 0) is 34.5 Å². The molecule has 1 aromatic heterocycles. The van der Waals surface area contributed by atoms with Gasteiger partial charge < -0.3 is 15.1 Å². The third-order valence-corrected chi connectivity index (χ3v) is 4.78. The Bertz CT molecular complexity index is 363. The van der Waals surface area contributed by atoms with Crippen molar-refractivity contribution in [2.24, 2.45) is 0 Å². The summed E-state index contributed by atoms with van der Waals surface area (Å²) in [6.45, 7) is 4.40. The fourth-order valence-electron chi connectivity index (χ4n) is 2.10. The van der Waals surface area contributed by atoms with Gasteiger partial charge in [0.15, 0.2) is 5.13 Å². The molecule has 2 unspecified atom stereocenters. The quantitative estimate of drug-likeness (QED) is 0.883. The van der Waals surface area contributed by atoms with Gasteiger partial charge in [-0.15, -0.1) is 11.3 Å². The van der Waals surface area contributed by atoms with Crippen LogP contribution in [0.15, 0.2) is 6.20 Å². The van der Waals surface area contributed by atoms with Crippen LogP contribution in [0.5, 0.6) is 0 Å². The second-order valence-corrected chi connectivity index (χ2v) is 5.95. The van der Waals surface area contributed by atoms with Gasteiger partial charge in [0.05, 0.1) is 0 Å². The van der Waals surface area contributed by atoms with Gasteiger partial charge in [-0.1, -0.05) is 0 Å². The number of hydrogen-bond donors (Lipinski definition) is 1. The summed E-state index contributed by atoms with van der Waals surface area (Å²) < 4.78 is 0. The van der Waals surface area contributed by atoms with E-state index in [9.17, 15) is 0 Å². The van der Waals surface area contributed by atoms with Crippen molar-refractivity contribution in [1.82, 2.24) is 15.2 Å². The van der Waals surface area contributed by atoms with E-state index in [1.165, 1.54) is 16.4 Å². The van der Waals surface area contributed by atoms with Crippen molar-refractivity contribution in [1.29, 1.82) is 0 Å². The maximum atomic E-state index is 4.55. The third kappa shape index (κ3) is 2.78. The van der Waals surface area contributed by atoms with Gasteiger partial charge in [0.2, 0.25) is 0 Å². The number of nitrogens with zero attached hydrogens (tertiary/aromatic N) is 3. The Labute approximate surface area is 108 Å². The molecule has 96 valence electrons. The highest BCUT2D eigenvalue weighted by Crippen LogP contribution is 2.29. The Kier molecular flexibility index (Phi) is 4.01.